The Kier molecular flexibility index (Phi) is 3.20. The molecule has 3 nitrogen and oxygen atoms in total. The number of hydrogen-bond acceptors (Lipinski definition) is 2. The van der Waals surface area contributed by atoms with Crippen molar-refractivity contribution in [2.75, 3.05) is 0 Å². The monoisotopic (exact) mass is 176 g/mol. The number of carbonyl (C=O) groups excluding carboxylic acids is 1. The number of amides is 1. The van der Waals surface area contributed by atoms with E-state index in [1.165, 1.54) is 6.08 Å². The second-order valence-corrected chi connectivity index (χ2v) is 2.84. The summed E-state index contributed by atoms with van der Waals surface area (Å²) in [6, 6.07) is 3.83. The second kappa shape index (κ2) is 4.40. The number of hydrogen-bond donors (Lipinski definition) is 1. The molecule has 0 saturated carbocycles. The third kappa shape index (κ3) is 3.07. The van der Waals surface area contributed by atoms with Crippen LogP contribution in [0.1, 0.15) is 18.4 Å². The van der Waals surface area contributed by atoms with E-state index < -0.39 is 5.91 Å². The minimum Gasteiger partial charge on any atom is -0.366 e. The lowest BCUT2D eigenvalue weighted by Gasteiger charge is -2.03. The van der Waals surface area contributed by atoms with Gasteiger partial charge in [-0.05, 0) is 17.7 Å². The number of allylic oxidation sites excluding steroid dienone is 1. The van der Waals surface area contributed by atoms with E-state index in [0.29, 0.717) is 0 Å². The lowest BCUT2D eigenvalue weighted by Crippen LogP contribution is -2.06. The maximum atomic E-state index is 10.5. The number of primary amides is 1. The Morgan fingerprint density at radius 3 is 3.00 bits per heavy atom. The van der Waals surface area contributed by atoms with E-state index >= 15 is 0 Å². The average molecular weight is 176 g/mol. The van der Waals surface area contributed by atoms with Gasteiger partial charge in [-0.3, -0.25) is 9.78 Å². The smallest absolute Gasteiger partial charge is 0.241 e. The van der Waals surface area contributed by atoms with Crippen LogP contribution in [-0.4, -0.2) is 10.9 Å². The van der Waals surface area contributed by atoms with Crippen molar-refractivity contribution in [1.82, 2.24) is 4.98 Å². The van der Waals surface area contributed by atoms with Crippen molar-refractivity contribution >= 4 is 5.91 Å². The van der Waals surface area contributed by atoms with E-state index in [2.05, 4.69) is 4.98 Å². The number of aromatic nitrogens is 1. The highest BCUT2D eigenvalue weighted by atomic mass is 16.1. The fraction of sp³-hybridized carbons (Fsp3) is 0.200. The molecule has 0 spiro atoms. The van der Waals surface area contributed by atoms with Crippen LogP contribution in [0.5, 0.6) is 0 Å². The lowest BCUT2D eigenvalue weighted by atomic mass is 10.0. The Labute approximate surface area is 77.3 Å². The van der Waals surface area contributed by atoms with Gasteiger partial charge in [0.2, 0.25) is 5.91 Å². The molecule has 0 saturated heterocycles. The lowest BCUT2D eigenvalue weighted by molar-refractivity contribution is -0.113. The van der Waals surface area contributed by atoms with E-state index in [1.54, 1.807) is 18.5 Å². The predicted molar refractivity (Wildman–Crippen MR) is 51.0 cm³/mol. The van der Waals surface area contributed by atoms with Gasteiger partial charge in [0.15, 0.2) is 0 Å². The van der Waals surface area contributed by atoms with Gasteiger partial charge in [-0.2, -0.15) is 0 Å². The first kappa shape index (κ1) is 9.45. The Balaban J connectivity index is 2.69. The molecule has 0 fully saturated rings. The van der Waals surface area contributed by atoms with E-state index in [9.17, 15) is 4.79 Å². The van der Waals surface area contributed by atoms with E-state index in [4.69, 9.17) is 5.73 Å². The predicted octanol–water partition coefficient (Wildman–Crippen LogP) is 1.23. The zero-order valence-electron chi connectivity index (χ0n) is 7.47. The summed E-state index contributed by atoms with van der Waals surface area (Å²) in [4.78, 5) is 14.4. The van der Waals surface area contributed by atoms with E-state index in [0.717, 1.165) is 5.56 Å². The Morgan fingerprint density at radius 1 is 1.69 bits per heavy atom. The SMILES string of the molecule is CC(C=CC(N)=O)c1cccnc1. The highest BCUT2D eigenvalue weighted by Gasteiger charge is 1.99. The highest BCUT2D eigenvalue weighted by molar-refractivity contribution is 5.85. The van der Waals surface area contributed by atoms with Crippen molar-refractivity contribution in [2.24, 2.45) is 5.73 Å². The Morgan fingerprint density at radius 2 is 2.46 bits per heavy atom. The summed E-state index contributed by atoms with van der Waals surface area (Å²) in [6.07, 6.45) is 6.63. The van der Waals surface area contributed by atoms with Gasteiger partial charge in [0.1, 0.15) is 0 Å². The summed E-state index contributed by atoms with van der Waals surface area (Å²) >= 11 is 0. The zero-order valence-corrected chi connectivity index (χ0v) is 7.47. The molecule has 3 heteroatoms. The summed E-state index contributed by atoms with van der Waals surface area (Å²) in [5.74, 6) is -0.253. The minimum absolute atomic E-state index is 0.168. The Hall–Kier alpha value is -1.64. The van der Waals surface area contributed by atoms with Crippen molar-refractivity contribution in [1.29, 1.82) is 0 Å². The summed E-state index contributed by atoms with van der Waals surface area (Å²) in [5.41, 5.74) is 6.05. The molecule has 1 aromatic rings. The van der Waals surface area contributed by atoms with Crippen LogP contribution in [0.25, 0.3) is 0 Å². The molecule has 1 heterocycles. The first-order valence-corrected chi connectivity index (χ1v) is 4.07. The van der Waals surface area contributed by atoms with Gasteiger partial charge in [-0.15, -0.1) is 0 Å². The molecule has 13 heavy (non-hydrogen) atoms. The molecule has 68 valence electrons. The van der Waals surface area contributed by atoms with Gasteiger partial charge in [0, 0.05) is 18.3 Å². The molecule has 2 N–H and O–H groups in total. The van der Waals surface area contributed by atoms with Gasteiger partial charge in [0.05, 0.1) is 0 Å². The maximum absolute atomic E-state index is 10.5. The molecule has 0 aromatic carbocycles. The van der Waals surface area contributed by atoms with Crippen molar-refractivity contribution in [3.05, 3.63) is 42.2 Å². The average Bonchev–Trinajstić information content (AvgIpc) is 2.15. The number of carbonyl (C=O) groups is 1. The Bertz CT molecular complexity index is 306. The van der Waals surface area contributed by atoms with Crippen LogP contribution in [0.15, 0.2) is 36.7 Å². The largest absolute Gasteiger partial charge is 0.366 e. The normalized spacial score (nSPS) is 13.0. The van der Waals surface area contributed by atoms with Crippen LogP contribution < -0.4 is 5.73 Å². The van der Waals surface area contributed by atoms with Gasteiger partial charge < -0.3 is 5.73 Å². The molecule has 0 aliphatic carbocycles. The molecule has 1 unspecified atom stereocenters. The van der Waals surface area contributed by atoms with Crippen LogP contribution >= 0.6 is 0 Å². The van der Waals surface area contributed by atoms with Gasteiger partial charge in [-0.25, -0.2) is 0 Å². The standard InChI is InChI=1S/C10H12N2O/c1-8(4-5-10(11)13)9-3-2-6-12-7-9/h2-8H,1H3,(H2,11,13). The molecular weight excluding hydrogens is 164 g/mol. The molecule has 0 bridgehead atoms. The van der Waals surface area contributed by atoms with Crippen molar-refractivity contribution < 1.29 is 4.79 Å². The van der Waals surface area contributed by atoms with Crippen LogP contribution in [0.4, 0.5) is 0 Å². The molecule has 1 amide bonds. The van der Waals surface area contributed by atoms with Crippen molar-refractivity contribution in [2.45, 2.75) is 12.8 Å². The summed E-state index contributed by atoms with van der Waals surface area (Å²) in [6.45, 7) is 1.98. The number of rotatable bonds is 3. The van der Waals surface area contributed by atoms with Gasteiger partial charge >= 0.3 is 0 Å². The van der Waals surface area contributed by atoms with Crippen molar-refractivity contribution in [3.8, 4) is 0 Å². The quantitative estimate of drug-likeness (QED) is 0.704. The number of nitrogens with two attached hydrogens (primary N) is 1. The summed E-state index contributed by atoms with van der Waals surface area (Å²) in [7, 11) is 0. The molecule has 0 radical (unpaired) electrons. The molecule has 1 rings (SSSR count). The van der Waals surface area contributed by atoms with E-state index in [1.807, 2.05) is 19.1 Å². The fourth-order valence-corrected chi connectivity index (χ4v) is 0.996. The fourth-order valence-electron chi connectivity index (χ4n) is 0.996. The first-order valence-electron chi connectivity index (χ1n) is 4.07. The first-order chi connectivity index (χ1) is 6.20. The van der Waals surface area contributed by atoms with Crippen LogP contribution in [-0.2, 0) is 4.79 Å². The van der Waals surface area contributed by atoms with E-state index in [-0.39, 0.29) is 5.92 Å². The third-order valence-corrected chi connectivity index (χ3v) is 1.76. The summed E-state index contributed by atoms with van der Waals surface area (Å²) in [5, 5.41) is 0. The summed E-state index contributed by atoms with van der Waals surface area (Å²) < 4.78 is 0. The highest BCUT2D eigenvalue weighted by Crippen LogP contribution is 2.14. The van der Waals surface area contributed by atoms with Gasteiger partial charge in [-0.1, -0.05) is 19.1 Å². The minimum atomic E-state index is -0.421. The zero-order chi connectivity index (χ0) is 9.68. The molecule has 0 aliphatic heterocycles. The van der Waals surface area contributed by atoms with Crippen LogP contribution in [0.2, 0.25) is 0 Å². The number of nitrogens with zero attached hydrogens (tertiary/aromatic N) is 1. The van der Waals surface area contributed by atoms with Crippen LogP contribution in [0.3, 0.4) is 0 Å². The molecule has 0 aliphatic rings. The maximum Gasteiger partial charge on any atom is 0.241 e. The van der Waals surface area contributed by atoms with Gasteiger partial charge in [0.25, 0.3) is 0 Å². The van der Waals surface area contributed by atoms with Crippen LogP contribution in [0, 0.1) is 0 Å². The van der Waals surface area contributed by atoms with Crippen molar-refractivity contribution in [3.63, 3.8) is 0 Å². The third-order valence-electron chi connectivity index (χ3n) is 1.76. The topological polar surface area (TPSA) is 56.0 Å². The second-order valence-electron chi connectivity index (χ2n) is 2.84. The molecule has 1 atom stereocenters. The number of pyridine rings is 1. The molecular formula is C10H12N2O. The molecule has 1 aromatic heterocycles.